The average molecular weight is 290 g/mol. The van der Waals surface area contributed by atoms with Crippen LogP contribution in [0.2, 0.25) is 0 Å². The summed E-state index contributed by atoms with van der Waals surface area (Å²) in [7, 11) is -3.92. The van der Waals surface area contributed by atoms with Crippen LogP contribution in [0.3, 0.4) is 0 Å². The van der Waals surface area contributed by atoms with E-state index in [0.29, 0.717) is 19.0 Å². The zero-order valence-corrected chi connectivity index (χ0v) is 11.1. The predicted molar refractivity (Wildman–Crippen MR) is 66.9 cm³/mol. The standard InChI is InChI=1S/C12H16F2N2O2S/c13-9-4-10(14)6-11(5-9)19(17,18)16-12-3-1-2-8(12)7-15/h4-6,8,12,16H,1-3,7,15H2/t8-,12+/m1/s1. The molecule has 0 saturated heterocycles. The zero-order valence-electron chi connectivity index (χ0n) is 10.3. The number of hydrogen-bond donors (Lipinski definition) is 2. The second-order valence-corrected chi connectivity index (χ2v) is 6.47. The molecule has 2 rings (SSSR count). The Morgan fingerprint density at radius 1 is 1.21 bits per heavy atom. The molecule has 106 valence electrons. The summed E-state index contributed by atoms with van der Waals surface area (Å²) < 4.78 is 52.7. The summed E-state index contributed by atoms with van der Waals surface area (Å²) in [5.41, 5.74) is 5.58. The van der Waals surface area contributed by atoms with E-state index in [9.17, 15) is 17.2 Å². The van der Waals surface area contributed by atoms with E-state index < -0.39 is 26.6 Å². The molecule has 0 bridgehead atoms. The van der Waals surface area contributed by atoms with Crippen LogP contribution in [0.4, 0.5) is 8.78 Å². The normalized spacial score (nSPS) is 23.7. The Morgan fingerprint density at radius 2 is 1.84 bits per heavy atom. The highest BCUT2D eigenvalue weighted by atomic mass is 32.2. The summed E-state index contributed by atoms with van der Waals surface area (Å²) >= 11 is 0. The van der Waals surface area contributed by atoms with Crippen LogP contribution in [0.25, 0.3) is 0 Å². The highest BCUT2D eigenvalue weighted by Crippen LogP contribution is 2.26. The predicted octanol–water partition coefficient (Wildman–Crippen LogP) is 1.37. The maximum atomic E-state index is 13.1. The van der Waals surface area contributed by atoms with Gasteiger partial charge < -0.3 is 5.73 Å². The van der Waals surface area contributed by atoms with Gasteiger partial charge in [0.05, 0.1) is 4.90 Å². The van der Waals surface area contributed by atoms with Crippen molar-refractivity contribution in [2.24, 2.45) is 11.7 Å². The van der Waals surface area contributed by atoms with Gasteiger partial charge in [-0.25, -0.2) is 21.9 Å². The van der Waals surface area contributed by atoms with E-state index in [-0.39, 0.29) is 12.0 Å². The van der Waals surface area contributed by atoms with Crippen LogP contribution < -0.4 is 10.5 Å². The van der Waals surface area contributed by atoms with Gasteiger partial charge >= 0.3 is 0 Å². The van der Waals surface area contributed by atoms with Gasteiger partial charge in [0.15, 0.2) is 0 Å². The molecule has 0 unspecified atom stereocenters. The third-order valence-electron chi connectivity index (χ3n) is 3.41. The van der Waals surface area contributed by atoms with Gasteiger partial charge in [0.1, 0.15) is 11.6 Å². The molecule has 7 heteroatoms. The Bertz CT molecular complexity index is 543. The fourth-order valence-electron chi connectivity index (χ4n) is 2.43. The largest absolute Gasteiger partial charge is 0.330 e. The van der Waals surface area contributed by atoms with E-state index in [0.717, 1.165) is 25.0 Å². The van der Waals surface area contributed by atoms with Gasteiger partial charge in [-0.1, -0.05) is 6.42 Å². The quantitative estimate of drug-likeness (QED) is 0.879. The second-order valence-electron chi connectivity index (χ2n) is 4.76. The van der Waals surface area contributed by atoms with Crippen molar-refractivity contribution in [3.8, 4) is 0 Å². The Balaban J connectivity index is 2.22. The first-order chi connectivity index (χ1) is 8.92. The summed E-state index contributed by atoms with van der Waals surface area (Å²) in [5, 5.41) is 0. The fraction of sp³-hybridized carbons (Fsp3) is 0.500. The minimum atomic E-state index is -3.92. The Morgan fingerprint density at radius 3 is 2.42 bits per heavy atom. The van der Waals surface area contributed by atoms with Crippen molar-refractivity contribution < 1.29 is 17.2 Å². The highest BCUT2D eigenvalue weighted by Gasteiger charge is 2.30. The van der Waals surface area contributed by atoms with Crippen molar-refractivity contribution in [1.29, 1.82) is 0 Å². The van der Waals surface area contributed by atoms with Crippen molar-refractivity contribution in [3.63, 3.8) is 0 Å². The van der Waals surface area contributed by atoms with Gasteiger partial charge in [0, 0.05) is 12.1 Å². The van der Waals surface area contributed by atoms with E-state index >= 15 is 0 Å². The lowest BCUT2D eigenvalue weighted by Crippen LogP contribution is -2.39. The molecule has 1 fully saturated rings. The van der Waals surface area contributed by atoms with Gasteiger partial charge in [-0.2, -0.15) is 0 Å². The van der Waals surface area contributed by atoms with Crippen molar-refractivity contribution >= 4 is 10.0 Å². The van der Waals surface area contributed by atoms with Crippen LogP contribution in [0.1, 0.15) is 19.3 Å². The molecule has 4 nitrogen and oxygen atoms in total. The lowest BCUT2D eigenvalue weighted by atomic mass is 10.1. The van der Waals surface area contributed by atoms with Gasteiger partial charge in [0.2, 0.25) is 10.0 Å². The number of sulfonamides is 1. The number of nitrogens with two attached hydrogens (primary N) is 1. The van der Waals surface area contributed by atoms with Gasteiger partial charge in [-0.3, -0.25) is 0 Å². The third kappa shape index (κ3) is 3.29. The molecular formula is C12H16F2N2O2S. The molecule has 1 aliphatic rings. The molecule has 3 N–H and O–H groups in total. The maximum Gasteiger partial charge on any atom is 0.241 e. The minimum absolute atomic E-state index is 0.0770. The van der Waals surface area contributed by atoms with E-state index in [1.54, 1.807) is 0 Å². The Labute approximate surface area is 111 Å². The van der Waals surface area contributed by atoms with Crippen LogP contribution >= 0.6 is 0 Å². The topological polar surface area (TPSA) is 72.2 Å². The number of halogens is 2. The molecule has 1 aliphatic carbocycles. The summed E-state index contributed by atoms with van der Waals surface area (Å²) in [6.07, 6.45) is 2.45. The van der Waals surface area contributed by atoms with Crippen LogP contribution in [-0.2, 0) is 10.0 Å². The number of hydrogen-bond acceptors (Lipinski definition) is 3. The van der Waals surface area contributed by atoms with Crippen molar-refractivity contribution in [3.05, 3.63) is 29.8 Å². The molecule has 0 heterocycles. The molecule has 1 aromatic carbocycles. The number of benzene rings is 1. The van der Waals surface area contributed by atoms with Gasteiger partial charge in [0.25, 0.3) is 0 Å². The monoisotopic (exact) mass is 290 g/mol. The molecule has 0 aromatic heterocycles. The zero-order chi connectivity index (χ0) is 14.0. The van der Waals surface area contributed by atoms with Gasteiger partial charge in [-0.05, 0) is 37.4 Å². The molecule has 0 radical (unpaired) electrons. The SMILES string of the molecule is NC[C@H]1CCC[C@@H]1NS(=O)(=O)c1cc(F)cc(F)c1. The smallest absolute Gasteiger partial charge is 0.241 e. The van der Waals surface area contributed by atoms with Crippen molar-refractivity contribution in [1.82, 2.24) is 4.72 Å². The molecule has 0 aliphatic heterocycles. The molecule has 2 atom stereocenters. The van der Waals surface area contributed by atoms with E-state index in [1.165, 1.54) is 0 Å². The van der Waals surface area contributed by atoms with Crippen LogP contribution in [0, 0.1) is 17.6 Å². The number of nitrogens with one attached hydrogen (secondary N) is 1. The first kappa shape index (κ1) is 14.4. The Kier molecular flexibility index (Phi) is 4.17. The lowest BCUT2D eigenvalue weighted by Gasteiger charge is -2.19. The average Bonchev–Trinajstić information content (AvgIpc) is 2.74. The van der Waals surface area contributed by atoms with Crippen molar-refractivity contribution in [2.45, 2.75) is 30.2 Å². The first-order valence-electron chi connectivity index (χ1n) is 6.11. The first-order valence-corrected chi connectivity index (χ1v) is 7.59. The summed E-state index contributed by atoms with van der Waals surface area (Å²) in [6.45, 7) is 0.394. The summed E-state index contributed by atoms with van der Waals surface area (Å²) in [5.74, 6) is -1.75. The maximum absolute atomic E-state index is 13.1. The van der Waals surface area contributed by atoms with Crippen LogP contribution in [-0.4, -0.2) is 21.0 Å². The van der Waals surface area contributed by atoms with E-state index in [4.69, 9.17) is 5.73 Å². The molecule has 0 amide bonds. The highest BCUT2D eigenvalue weighted by molar-refractivity contribution is 7.89. The van der Waals surface area contributed by atoms with Crippen LogP contribution in [0.5, 0.6) is 0 Å². The van der Waals surface area contributed by atoms with Crippen LogP contribution in [0.15, 0.2) is 23.1 Å². The third-order valence-corrected chi connectivity index (χ3v) is 4.88. The fourth-order valence-corrected chi connectivity index (χ4v) is 3.81. The van der Waals surface area contributed by atoms with Gasteiger partial charge in [-0.15, -0.1) is 0 Å². The van der Waals surface area contributed by atoms with E-state index in [1.807, 2.05) is 0 Å². The molecular weight excluding hydrogens is 274 g/mol. The minimum Gasteiger partial charge on any atom is -0.330 e. The van der Waals surface area contributed by atoms with Crippen molar-refractivity contribution in [2.75, 3.05) is 6.54 Å². The number of rotatable bonds is 4. The second kappa shape index (κ2) is 5.52. The molecule has 0 spiro atoms. The Hall–Kier alpha value is -1.05. The summed E-state index contributed by atoms with van der Waals surface area (Å²) in [4.78, 5) is -0.396. The lowest BCUT2D eigenvalue weighted by molar-refractivity contribution is 0.452. The molecule has 19 heavy (non-hydrogen) atoms. The molecule has 1 aromatic rings. The summed E-state index contributed by atoms with van der Waals surface area (Å²) in [6, 6.07) is 1.98. The molecule has 1 saturated carbocycles. The van der Waals surface area contributed by atoms with E-state index in [2.05, 4.69) is 4.72 Å².